The second-order valence-corrected chi connectivity index (χ2v) is 6.43. The first-order valence-corrected chi connectivity index (χ1v) is 8.83. The molecule has 4 rings (SSSR count). The lowest BCUT2D eigenvalue weighted by Crippen LogP contribution is -2.15. The molecular weight excluding hydrogens is 371 g/mol. The predicted octanol–water partition coefficient (Wildman–Crippen LogP) is 2.82. The van der Waals surface area contributed by atoms with Gasteiger partial charge in [0.05, 0.1) is 11.9 Å². The Balaban J connectivity index is 1.85. The molecular formula is C20H19FN8. The highest BCUT2D eigenvalue weighted by molar-refractivity contribution is 5.90. The van der Waals surface area contributed by atoms with Crippen LogP contribution in [0.1, 0.15) is 5.56 Å². The maximum absolute atomic E-state index is 14.1. The minimum atomic E-state index is -0.310. The van der Waals surface area contributed by atoms with E-state index in [0.29, 0.717) is 28.0 Å². The normalized spacial score (nSPS) is 11.0. The number of anilines is 3. The summed E-state index contributed by atoms with van der Waals surface area (Å²) in [5, 5.41) is 5.31. The van der Waals surface area contributed by atoms with Crippen LogP contribution in [0.2, 0.25) is 0 Å². The van der Waals surface area contributed by atoms with Crippen LogP contribution in [-0.4, -0.2) is 31.8 Å². The molecule has 0 aliphatic rings. The molecule has 29 heavy (non-hydrogen) atoms. The van der Waals surface area contributed by atoms with Gasteiger partial charge in [0, 0.05) is 18.8 Å². The molecule has 0 amide bonds. The maximum atomic E-state index is 14.1. The summed E-state index contributed by atoms with van der Waals surface area (Å²) < 4.78 is 15.7. The van der Waals surface area contributed by atoms with E-state index in [2.05, 4.69) is 26.6 Å². The maximum Gasteiger partial charge on any atom is 0.184 e. The number of rotatable bonds is 5. The van der Waals surface area contributed by atoms with Crippen LogP contribution in [0.15, 0.2) is 55.4 Å². The van der Waals surface area contributed by atoms with Crippen LogP contribution in [0.3, 0.4) is 0 Å². The molecule has 0 unspecified atom stereocenters. The van der Waals surface area contributed by atoms with E-state index in [1.165, 1.54) is 6.07 Å². The number of halogens is 1. The first-order chi connectivity index (χ1) is 14.0. The zero-order chi connectivity index (χ0) is 20.5. The molecule has 0 atom stereocenters. The van der Waals surface area contributed by atoms with Crippen molar-refractivity contribution in [3.05, 3.63) is 66.8 Å². The number of nitrogens with zero attached hydrogens (tertiary/aromatic N) is 6. The quantitative estimate of drug-likeness (QED) is 0.539. The van der Waals surface area contributed by atoms with Gasteiger partial charge in [0.1, 0.15) is 17.2 Å². The van der Waals surface area contributed by atoms with Gasteiger partial charge < -0.3 is 16.4 Å². The molecule has 146 valence electrons. The molecule has 0 saturated carbocycles. The minimum absolute atomic E-state index is 0.204. The Morgan fingerprint density at radius 2 is 1.86 bits per heavy atom. The Morgan fingerprint density at radius 3 is 2.55 bits per heavy atom. The van der Waals surface area contributed by atoms with Gasteiger partial charge in [-0.15, -0.1) is 0 Å². The van der Waals surface area contributed by atoms with Gasteiger partial charge in [0.25, 0.3) is 0 Å². The first-order valence-electron chi connectivity index (χ1n) is 8.83. The Labute approximate surface area is 166 Å². The number of nitrogens with two attached hydrogens (primary N) is 2. The van der Waals surface area contributed by atoms with E-state index < -0.39 is 0 Å². The summed E-state index contributed by atoms with van der Waals surface area (Å²) in [5.41, 5.74) is 14.2. The summed E-state index contributed by atoms with van der Waals surface area (Å²) in [6.07, 6.45) is 3.21. The van der Waals surface area contributed by atoms with Crippen molar-refractivity contribution in [1.29, 1.82) is 0 Å². The van der Waals surface area contributed by atoms with E-state index >= 15 is 0 Å². The summed E-state index contributed by atoms with van der Waals surface area (Å²) in [6.45, 7) is 3.91. The highest BCUT2D eigenvalue weighted by Crippen LogP contribution is 2.31. The number of aromatic nitrogens is 5. The predicted molar refractivity (Wildman–Crippen MR) is 111 cm³/mol. The fourth-order valence-corrected chi connectivity index (χ4v) is 3.12. The van der Waals surface area contributed by atoms with Gasteiger partial charge in [0.15, 0.2) is 23.1 Å². The van der Waals surface area contributed by atoms with Crippen LogP contribution < -0.4 is 16.4 Å². The van der Waals surface area contributed by atoms with Crippen LogP contribution in [0.5, 0.6) is 0 Å². The van der Waals surface area contributed by atoms with E-state index in [1.807, 2.05) is 6.07 Å². The number of hydrogen-bond acceptors (Lipinski definition) is 7. The lowest BCUT2D eigenvalue weighted by atomic mass is 10.2. The number of nitrogen functional groups attached to an aromatic ring is 2. The smallest absolute Gasteiger partial charge is 0.184 e. The van der Waals surface area contributed by atoms with Crippen molar-refractivity contribution >= 4 is 28.4 Å². The van der Waals surface area contributed by atoms with Gasteiger partial charge in [0.2, 0.25) is 0 Å². The standard InChI is InChI=1S/C20H19FN8/c1-3-28(2)16-17(22)25-19(26-18(16)23)15-13-8-6-10-24-20(13)29(27-15)11-12-7-4-5-9-14(12)21/h3-10H,1,11H2,2H3,(H4,22,23,25,26). The second-order valence-electron chi connectivity index (χ2n) is 6.43. The number of fused-ring (bicyclic) bond motifs is 1. The minimum Gasteiger partial charge on any atom is -0.382 e. The van der Waals surface area contributed by atoms with Gasteiger partial charge in [-0.05, 0) is 24.4 Å². The lowest BCUT2D eigenvalue weighted by molar-refractivity contribution is 0.589. The number of hydrogen-bond donors (Lipinski definition) is 2. The Bertz CT molecular complexity index is 1190. The molecule has 0 radical (unpaired) electrons. The Morgan fingerprint density at radius 1 is 1.14 bits per heavy atom. The van der Waals surface area contributed by atoms with E-state index in [-0.39, 0.29) is 29.8 Å². The van der Waals surface area contributed by atoms with E-state index in [4.69, 9.17) is 11.5 Å². The highest BCUT2D eigenvalue weighted by atomic mass is 19.1. The number of benzene rings is 1. The first kappa shape index (κ1) is 18.4. The van der Waals surface area contributed by atoms with Gasteiger partial charge in [-0.3, -0.25) is 0 Å². The fourth-order valence-electron chi connectivity index (χ4n) is 3.12. The molecule has 4 N–H and O–H groups in total. The summed E-state index contributed by atoms with van der Waals surface area (Å²) in [7, 11) is 1.75. The largest absolute Gasteiger partial charge is 0.382 e. The molecule has 4 aromatic rings. The van der Waals surface area contributed by atoms with E-state index in [9.17, 15) is 4.39 Å². The molecule has 0 bridgehead atoms. The Kier molecular flexibility index (Phi) is 4.55. The average Bonchev–Trinajstić information content (AvgIpc) is 3.07. The zero-order valence-corrected chi connectivity index (χ0v) is 15.7. The summed E-state index contributed by atoms with van der Waals surface area (Å²) in [5.74, 6) is 0.368. The van der Waals surface area contributed by atoms with Crippen molar-refractivity contribution < 1.29 is 4.39 Å². The third kappa shape index (κ3) is 3.22. The highest BCUT2D eigenvalue weighted by Gasteiger charge is 2.20. The van der Waals surface area contributed by atoms with Crippen LogP contribution in [0.4, 0.5) is 21.7 Å². The molecule has 9 heteroatoms. The van der Waals surface area contributed by atoms with E-state index in [0.717, 1.165) is 0 Å². The summed E-state index contributed by atoms with van der Waals surface area (Å²) >= 11 is 0. The molecule has 0 aliphatic heterocycles. The third-order valence-electron chi connectivity index (χ3n) is 4.56. The molecule has 3 heterocycles. The van der Waals surface area contributed by atoms with Crippen molar-refractivity contribution in [2.75, 3.05) is 23.4 Å². The van der Waals surface area contributed by atoms with Crippen molar-refractivity contribution in [2.24, 2.45) is 0 Å². The topological polar surface area (TPSA) is 112 Å². The third-order valence-corrected chi connectivity index (χ3v) is 4.56. The molecule has 0 fully saturated rings. The monoisotopic (exact) mass is 390 g/mol. The van der Waals surface area contributed by atoms with Crippen molar-refractivity contribution in [2.45, 2.75) is 6.54 Å². The van der Waals surface area contributed by atoms with Crippen LogP contribution >= 0.6 is 0 Å². The van der Waals surface area contributed by atoms with Crippen LogP contribution in [0.25, 0.3) is 22.6 Å². The van der Waals surface area contributed by atoms with E-state index in [1.54, 1.807) is 53.3 Å². The van der Waals surface area contributed by atoms with Gasteiger partial charge in [-0.25, -0.2) is 24.0 Å². The van der Waals surface area contributed by atoms with Gasteiger partial charge in [-0.1, -0.05) is 24.8 Å². The molecule has 0 aliphatic carbocycles. The zero-order valence-electron chi connectivity index (χ0n) is 15.7. The van der Waals surface area contributed by atoms with Crippen molar-refractivity contribution in [3.63, 3.8) is 0 Å². The van der Waals surface area contributed by atoms with Crippen LogP contribution in [-0.2, 0) is 6.54 Å². The fraction of sp³-hybridized carbons (Fsp3) is 0.100. The SMILES string of the molecule is C=CN(C)c1c(N)nc(-c2nn(Cc3ccccc3F)c3ncccc23)nc1N. The molecule has 8 nitrogen and oxygen atoms in total. The Hall–Kier alpha value is -4.01. The van der Waals surface area contributed by atoms with Gasteiger partial charge in [-0.2, -0.15) is 5.10 Å². The molecule has 1 aromatic carbocycles. The summed E-state index contributed by atoms with van der Waals surface area (Å²) in [6, 6.07) is 10.2. The van der Waals surface area contributed by atoms with Crippen molar-refractivity contribution in [3.8, 4) is 11.5 Å². The lowest BCUT2D eigenvalue weighted by Gasteiger charge is -2.17. The van der Waals surface area contributed by atoms with Crippen LogP contribution in [0, 0.1) is 5.82 Å². The molecule has 0 spiro atoms. The summed E-state index contributed by atoms with van der Waals surface area (Å²) in [4.78, 5) is 14.8. The number of pyridine rings is 1. The molecule has 0 saturated heterocycles. The average molecular weight is 390 g/mol. The molecule has 3 aromatic heterocycles. The van der Waals surface area contributed by atoms with Crippen molar-refractivity contribution in [1.82, 2.24) is 24.7 Å². The van der Waals surface area contributed by atoms with Gasteiger partial charge >= 0.3 is 0 Å². The second kappa shape index (κ2) is 7.19.